The van der Waals surface area contributed by atoms with E-state index in [1.165, 1.54) is 18.2 Å². The molecule has 35 heavy (non-hydrogen) atoms. The van der Waals surface area contributed by atoms with Crippen LogP contribution in [0.1, 0.15) is 60.9 Å². The summed E-state index contributed by atoms with van der Waals surface area (Å²) in [5.74, 6) is -2.92. The highest BCUT2D eigenvalue weighted by Crippen LogP contribution is 2.40. The molecule has 0 aromatic heterocycles. The lowest BCUT2D eigenvalue weighted by Gasteiger charge is -2.22. The SMILES string of the molecule is C=CC(F)(F)c1cc(OC(CCC)CCCOc2ccc(C#N)c(C(F)(F)F)c2)ccc1C1C=N1. The molecule has 3 rings (SSSR count). The highest BCUT2D eigenvalue weighted by atomic mass is 19.4. The molecule has 186 valence electrons. The maximum Gasteiger partial charge on any atom is 0.417 e. The monoisotopic (exact) mass is 492 g/mol. The Labute approximate surface area is 200 Å². The summed E-state index contributed by atoms with van der Waals surface area (Å²) in [6, 6.07) is 8.91. The van der Waals surface area contributed by atoms with Gasteiger partial charge in [-0.1, -0.05) is 26.0 Å². The second-order valence-electron chi connectivity index (χ2n) is 8.16. The van der Waals surface area contributed by atoms with Crippen molar-refractivity contribution in [2.24, 2.45) is 4.99 Å². The lowest BCUT2D eigenvalue weighted by atomic mass is 9.98. The summed E-state index contributed by atoms with van der Waals surface area (Å²) in [7, 11) is 0. The van der Waals surface area contributed by atoms with Crippen LogP contribution >= 0.6 is 0 Å². The van der Waals surface area contributed by atoms with Crippen molar-refractivity contribution in [3.8, 4) is 17.6 Å². The number of allylic oxidation sites excluding steroid dienone is 1. The molecule has 0 aliphatic carbocycles. The minimum absolute atomic E-state index is 0.0125. The number of benzene rings is 2. The van der Waals surface area contributed by atoms with E-state index in [1.807, 2.05) is 6.92 Å². The van der Waals surface area contributed by atoms with Crippen molar-refractivity contribution in [2.75, 3.05) is 6.61 Å². The molecule has 0 fully saturated rings. The van der Waals surface area contributed by atoms with Crippen LogP contribution in [0.2, 0.25) is 0 Å². The zero-order valence-electron chi connectivity index (χ0n) is 19.1. The first-order valence-corrected chi connectivity index (χ1v) is 11.2. The van der Waals surface area contributed by atoms with Crippen LogP contribution in [0, 0.1) is 11.3 Å². The van der Waals surface area contributed by atoms with Gasteiger partial charge in [0.25, 0.3) is 5.92 Å². The molecular formula is C26H25F5N2O2. The van der Waals surface area contributed by atoms with Crippen LogP contribution in [0.15, 0.2) is 54.0 Å². The first-order valence-electron chi connectivity index (χ1n) is 11.2. The molecule has 1 aliphatic rings. The van der Waals surface area contributed by atoms with E-state index in [4.69, 9.17) is 14.7 Å². The van der Waals surface area contributed by atoms with Crippen molar-refractivity contribution in [3.05, 3.63) is 71.3 Å². The summed E-state index contributed by atoms with van der Waals surface area (Å²) < 4.78 is 79.6. The molecule has 0 saturated carbocycles. The molecule has 1 heterocycles. The fraction of sp³-hybridized carbons (Fsp3) is 0.385. The number of nitriles is 1. The molecule has 0 bridgehead atoms. The topological polar surface area (TPSA) is 54.6 Å². The van der Waals surface area contributed by atoms with Gasteiger partial charge in [0.1, 0.15) is 17.5 Å². The van der Waals surface area contributed by atoms with Gasteiger partial charge in [-0.15, -0.1) is 0 Å². The normalized spacial score (nSPS) is 15.9. The van der Waals surface area contributed by atoms with Gasteiger partial charge in [-0.3, -0.25) is 4.99 Å². The third-order valence-corrected chi connectivity index (χ3v) is 5.53. The third-order valence-electron chi connectivity index (χ3n) is 5.53. The van der Waals surface area contributed by atoms with Gasteiger partial charge in [0.15, 0.2) is 0 Å². The molecule has 1 aliphatic heterocycles. The predicted octanol–water partition coefficient (Wildman–Crippen LogP) is 7.39. The Bertz CT molecular complexity index is 1120. The summed E-state index contributed by atoms with van der Waals surface area (Å²) >= 11 is 0. The van der Waals surface area contributed by atoms with E-state index in [0.717, 1.165) is 18.6 Å². The van der Waals surface area contributed by atoms with Crippen LogP contribution in [-0.2, 0) is 12.1 Å². The maximum absolute atomic E-state index is 14.4. The molecule has 2 aromatic rings. The minimum Gasteiger partial charge on any atom is -0.494 e. The molecule has 2 aromatic carbocycles. The van der Waals surface area contributed by atoms with E-state index < -0.39 is 23.2 Å². The van der Waals surface area contributed by atoms with E-state index in [-0.39, 0.29) is 30.1 Å². The zero-order valence-corrected chi connectivity index (χ0v) is 19.1. The number of nitrogens with zero attached hydrogens (tertiary/aromatic N) is 2. The number of rotatable bonds is 12. The molecule has 9 heteroatoms. The van der Waals surface area contributed by atoms with Crippen LogP contribution in [-0.4, -0.2) is 18.9 Å². The Balaban J connectivity index is 1.62. The summed E-state index contributed by atoms with van der Waals surface area (Å²) in [4.78, 5) is 3.98. The molecule has 0 amide bonds. The lowest BCUT2D eigenvalue weighted by molar-refractivity contribution is -0.137. The zero-order chi connectivity index (χ0) is 25.6. The van der Waals surface area contributed by atoms with Gasteiger partial charge in [0.05, 0.1) is 29.9 Å². The Morgan fingerprint density at radius 2 is 1.77 bits per heavy atom. The van der Waals surface area contributed by atoms with Gasteiger partial charge in [-0.2, -0.15) is 27.2 Å². The Kier molecular flexibility index (Phi) is 8.15. The van der Waals surface area contributed by atoms with Crippen molar-refractivity contribution in [1.82, 2.24) is 0 Å². The van der Waals surface area contributed by atoms with Crippen molar-refractivity contribution in [2.45, 2.75) is 56.9 Å². The van der Waals surface area contributed by atoms with Gasteiger partial charge in [-0.25, -0.2) is 0 Å². The number of hydrogen-bond acceptors (Lipinski definition) is 4. The molecule has 0 spiro atoms. The molecule has 4 nitrogen and oxygen atoms in total. The maximum atomic E-state index is 14.4. The largest absolute Gasteiger partial charge is 0.494 e. The van der Waals surface area contributed by atoms with Crippen LogP contribution < -0.4 is 9.47 Å². The molecule has 2 atom stereocenters. The summed E-state index contributed by atoms with van der Waals surface area (Å²) in [5.41, 5.74) is -1.31. The van der Waals surface area contributed by atoms with Gasteiger partial charge in [0.2, 0.25) is 0 Å². The molecule has 0 N–H and O–H groups in total. The lowest BCUT2D eigenvalue weighted by Crippen LogP contribution is -2.19. The first-order chi connectivity index (χ1) is 16.6. The number of alkyl halides is 5. The van der Waals surface area contributed by atoms with Gasteiger partial charge >= 0.3 is 6.18 Å². The number of ether oxygens (including phenoxy) is 2. The Morgan fingerprint density at radius 1 is 1.09 bits per heavy atom. The van der Waals surface area contributed by atoms with Crippen molar-refractivity contribution in [1.29, 1.82) is 5.26 Å². The fourth-order valence-electron chi connectivity index (χ4n) is 3.69. The van der Waals surface area contributed by atoms with Gasteiger partial charge < -0.3 is 9.47 Å². The quantitative estimate of drug-likeness (QED) is 0.176. The molecular weight excluding hydrogens is 467 g/mol. The standard InChI is InChI=1S/C26H25F5N2O2/c1-3-6-18(7-5-12-34-19-9-8-17(15-32)22(13-19)26(29,30)31)35-20-10-11-21(24-16-33-24)23(14-20)25(27,28)4-2/h4,8-11,13-14,16,18,24H,2-3,5-7,12H2,1H3. The van der Waals surface area contributed by atoms with Crippen LogP contribution in [0.5, 0.6) is 11.5 Å². The smallest absolute Gasteiger partial charge is 0.417 e. The molecule has 0 saturated heterocycles. The van der Waals surface area contributed by atoms with Gasteiger partial charge in [-0.05, 0) is 61.2 Å². The van der Waals surface area contributed by atoms with E-state index in [2.05, 4.69) is 11.6 Å². The van der Waals surface area contributed by atoms with Crippen molar-refractivity contribution in [3.63, 3.8) is 0 Å². The van der Waals surface area contributed by atoms with E-state index in [9.17, 15) is 22.0 Å². The van der Waals surface area contributed by atoms with Crippen molar-refractivity contribution >= 4 is 6.21 Å². The van der Waals surface area contributed by atoms with Crippen LogP contribution in [0.3, 0.4) is 0 Å². The van der Waals surface area contributed by atoms with E-state index in [0.29, 0.717) is 36.7 Å². The van der Waals surface area contributed by atoms with E-state index in [1.54, 1.807) is 18.3 Å². The Morgan fingerprint density at radius 3 is 2.37 bits per heavy atom. The number of halogens is 5. The van der Waals surface area contributed by atoms with E-state index >= 15 is 0 Å². The molecule has 2 unspecified atom stereocenters. The fourth-order valence-corrected chi connectivity index (χ4v) is 3.69. The van der Waals surface area contributed by atoms with Crippen molar-refractivity contribution < 1.29 is 31.4 Å². The first kappa shape index (κ1) is 26.2. The Hall–Kier alpha value is -3.41. The highest BCUT2D eigenvalue weighted by molar-refractivity contribution is 5.80. The summed E-state index contributed by atoms with van der Waals surface area (Å²) in [6.45, 7) is 5.32. The number of hydrogen-bond donors (Lipinski definition) is 0. The summed E-state index contributed by atoms with van der Waals surface area (Å²) in [6.07, 6.45) is -0.339. The average Bonchev–Trinajstić information content (AvgIpc) is 3.66. The second-order valence-corrected chi connectivity index (χ2v) is 8.16. The third kappa shape index (κ3) is 6.81. The van der Waals surface area contributed by atoms with Crippen LogP contribution in [0.4, 0.5) is 22.0 Å². The number of aliphatic imine (C=N–C) groups is 1. The average molecular weight is 492 g/mol. The van der Waals surface area contributed by atoms with Gasteiger partial charge in [0, 0.05) is 11.8 Å². The minimum atomic E-state index is -4.66. The molecule has 0 radical (unpaired) electrons. The second kappa shape index (κ2) is 10.9. The summed E-state index contributed by atoms with van der Waals surface area (Å²) in [5, 5.41) is 8.88. The van der Waals surface area contributed by atoms with Crippen LogP contribution in [0.25, 0.3) is 0 Å². The highest BCUT2D eigenvalue weighted by Gasteiger charge is 2.35. The predicted molar refractivity (Wildman–Crippen MR) is 122 cm³/mol.